The van der Waals surface area contributed by atoms with E-state index in [2.05, 4.69) is 176 Å². The fourth-order valence-electron chi connectivity index (χ4n) is 9.88. The standard InChI is InChI=1S/C52H34N2/c1-52(2)45-19-8-7-14-35(45)42-28-43-44(29-46(42)52)49(32-23-21-31(22-24-32)47-30-54-27-10-9-20-48(54)53-47)37-15-5-6-16-38(37)51(43)41-26-25-40-34-13-4-3-12-33(34)36-17-11-18-39(41)50(36)40/h3-30H,1-2H3. The first-order valence-electron chi connectivity index (χ1n) is 18.9. The predicted molar refractivity (Wildman–Crippen MR) is 226 cm³/mol. The number of aromatic nitrogens is 2. The molecule has 0 atom stereocenters. The molecule has 10 aromatic rings. The van der Waals surface area contributed by atoms with Crippen LogP contribution in [0.3, 0.4) is 0 Å². The van der Waals surface area contributed by atoms with E-state index in [1.807, 2.05) is 12.1 Å². The van der Waals surface area contributed by atoms with E-state index in [4.69, 9.17) is 4.98 Å². The summed E-state index contributed by atoms with van der Waals surface area (Å²) >= 11 is 0. The molecule has 0 bridgehead atoms. The van der Waals surface area contributed by atoms with E-state index >= 15 is 0 Å². The van der Waals surface area contributed by atoms with E-state index in [-0.39, 0.29) is 5.41 Å². The summed E-state index contributed by atoms with van der Waals surface area (Å²) in [5.74, 6) is 0. The highest BCUT2D eigenvalue weighted by molar-refractivity contribution is 6.27. The maximum Gasteiger partial charge on any atom is 0.137 e. The Bertz CT molecular complexity index is 3170. The maximum absolute atomic E-state index is 4.92. The zero-order chi connectivity index (χ0) is 35.7. The highest BCUT2D eigenvalue weighted by atomic mass is 15.0. The lowest BCUT2D eigenvalue weighted by Gasteiger charge is -2.24. The van der Waals surface area contributed by atoms with Crippen LogP contribution in [0.4, 0.5) is 0 Å². The molecule has 2 heterocycles. The van der Waals surface area contributed by atoms with E-state index in [9.17, 15) is 0 Å². The van der Waals surface area contributed by atoms with Gasteiger partial charge in [-0.2, -0.15) is 0 Å². The van der Waals surface area contributed by atoms with Crippen LogP contribution in [0.5, 0.6) is 0 Å². The van der Waals surface area contributed by atoms with Crippen molar-refractivity contribution >= 4 is 38.0 Å². The SMILES string of the molecule is CC1(C)c2ccccc2-c2cc3c(-c4ccc5c6c(cccc46)-c4ccccc4-5)c4ccccc4c(-c4ccc(-c5cn6ccccc6n5)cc4)c3cc21. The Hall–Kier alpha value is -6.77. The van der Waals surface area contributed by atoms with Gasteiger partial charge in [0.05, 0.1) is 5.69 Å². The van der Waals surface area contributed by atoms with Crippen LogP contribution >= 0.6 is 0 Å². The minimum atomic E-state index is -0.121. The number of nitrogens with zero attached hydrogens (tertiary/aromatic N) is 2. The monoisotopic (exact) mass is 686 g/mol. The number of pyridine rings is 1. The number of rotatable bonds is 3. The molecule has 0 saturated heterocycles. The summed E-state index contributed by atoms with van der Waals surface area (Å²) in [6.45, 7) is 4.77. The Morgan fingerprint density at radius 1 is 0.426 bits per heavy atom. The van der Waals surface area contributed by atoms with Gasteiger partial charge in [-0.15, -0.1) is 0 Å². The summed E-state index contributed by atoms with van der Waals surface area (Å²) in [7, 11) is 0. The van der Waals surface area contributed by atoms with Crippen LogP contribution in [-0.2, 0) is 5.41 Å². The lowest BCUT2D eigenvalue weighted by Crippen LogP contribution is -2.14. The highest BCUT2D eigenvalue weighted by Crippen LogP contribution is 2.55. The van der Waals surface area contributed by atoms with Crippen LogP contribution in [0.1, 0.15) is 25.0 Å². The van der Waals surface area contributed by atoms with Gasteiger partial charge >= 0.3 is 0 Å². The molecule has 54 heavy (non-hydrogen) atoms. The molecule has 2 aliphatic rings. The summed E-state index contributed by atoms with van der Waals surface area (Å²) in [4.78, 5) is 4.92. The first kappa shape index (κ1) is 29.8. The van der Waals surface area contributed by atoms with Gasteiger partial charge in [0.25, 0.3) is 0 Å². The second kappa shape index (κ2) is 10.7. The molecule has 0 unspecified atom stereocenters. The number of hydrogen-bond donors (Lipinski definition) is 0. The summed E-state index contributed by atoms with van der Waals surface area (Å²) < 4.78 is 2.09. The van der Waals surface area contributed by atoms with Gasteiger partial charge in [0.2, 0.25) is 0 Å². The van der Waals surface area contributed by atoms with Crippen molar-refractivity contribution in [2.75, 3.05) is 0 Å². The van der Waals surface area contributed by atoms with Crippen molar-refractivity contribution in [2.24, 2.45) is 0 Å². The number of imidazole rings is 1. The highest BCUT2D eigenvalue weighted by Gasteiger charge is 2.36. The van der Waals surface area contributed by atoms with Crippen molar-refractivity contribution in [3.8, 4) is 66.9 Å². The van der Waals surface area contributed by atoms with Gasteiger partial charge in [-0.3, -0.25) is 0 Å². The van der Waals surface area contributed by atoms with Gasteiger partial charge in [0, 0.05) is 23.4 Å². The smallest absolute Gasteiger partial charge is 0.137 e. The third kappa shape index (κ3) is 3.92. The lowest BCUT2D eigenvalue weighted by molar-refractivity contribution is 0.661. The van der Waals surface area contributed by atoms with Gasteiger partial charge in [0.15, 0.2) is 0 Å². The number of benzene rings is 8. The van der Waals surface area contributed by atoms with Crippen molar-refractivity contribution in [2.45, 2.75) is 19.3 Å². The normalized spacial score (nSPS) is 13.5. The molecule has 8 aromatic carbocycles. The topological polar surface area (TPSA) is 17.3 Å². The Balaban J connectivity index is 1.17. The van der Waals surface area contributed by atoms with Crippen molar-refractivity contribution in [3.05, 3.63) is 181 Å². The van der Waals surface area contributed by atoms with E-state index in [1.54, 1.807) is 0 Å². The fourth-order valence-corrected chi connectivity index (χ4v) is 9.88. The number of fused-ring (bicyclic) bond motifs is 9. The van der Waals surface area contributed by atoms with Crippen molar-refractivity contribution in [1.29, 1.82) is 0 Å². The summed E-state index contributed by atoms with van der Waals surface area (Å²) in [5.41, 5.74) is 18.7. The quantitative estimate of drug-likeness (QED) is 0.169. The molecule has 2 heteroatoms. The molecule has 2 nitrogen and oxygen atoms in total. The summed E-state index contributed by atoms with van der Waals surface area (Å²) in [6, 6.07) is 58.8. The first-order valence-corrected chi connectivity index (χ1v) is 18.9. The minimum Gasteiger partial charge on any atom is -0.306 e. The molecule has 12 rings (SSSR count). The summed E-state index contributed by atoms with van der Waals surface area (Å²) in [5, 5.41) is 7.77. The van der Waals surface area contributed by atoms with Crippen molar-refractivity contribution in [3.63, 3.8) is 0 Å². The molecule has 0 radical (unpaired) electrons. The molecule has 252 valence electrons. The molecule has 0 aliphatic heterocycles. The van der Waals surface area contributed by atoms with Crippen LogP contribution in [0.25, 0.3) is 105 Å². The van der Waals surface area contributed by atoms with E-state index in [0.717, 1.165) is 16.9 Å². The molecule has 2 aliphatic carbocycles. The third-order valence-corrected chi connectivity index (χ3v) is 12.4. The first-order chi connectivity index (χ1) is 26.5. The van der Waals surface area contributed by atoms with Crippen molar-refractivity contribution < 1.29 is 0 Å². The molecule has 0 amide bonds. The van der Waals surface area contributed by atoms with Crippen LogP contribution < -0.4 is 0 Å². The van der Waals surface area contributed by atoms with Crippen LogP contribution in [0.15, 0.2) is 170 Å². The molecule has 0 N–H and O–H groups in total. The molecule has 0 saturated carbocycles. The zero-order valence-corrected chi connectivity index (χ0v) is 30.1. The Kier molecular flexibility index (Phi) is 5.87. The second-order valence-corrected chi connectivity index (χ2v) is 15.5. The van der Waals surface area contributed by atoms with Gasteiger partial charge in [-0.25, -0.2) is 4.98 Å². The largest absolute Gasteiger partial charge is 0.306 e. The van der Waals surface area contributed by atoms with Gasteiger partial charge < -0.3 is 4.40 Å². The van der Waals surface area contributed by atoms with Crippen LogP contribution in [0, 0.1) is 0 Å². The van der Waals surface area contributed by atoms with Gasteiger partial charge in [-0.1, -0.05) is 147 Å². The molecule has 0 fully saturated rings. The fraction of sp³-hybridized carbons (Fsp3) is 0.0577. The maximum atomic E-state index is 4.92. The molecular weight excluding hydrogens is 653 g/mol. The third-order valence-electron chi connectivity index (χ3n) is 12.4. The molecule has 2 aromatic heterocycles. The predicted octanol–water partition coefficient (Wildman–Crippen LogP) is 13.7. The molecular formula is C52H34N2. The van der Waals surface area contributed by atoms with Gasteiger partial charge in [-0.05, 0) is 123 Å². The van der Waals surface area contributed by atoms with E-state index < -0.39 is 0 Å². The van der Waals surface area contributed by atoms with E-state index in [1.165, 1.54) is 99.1 Å². The Morgan fingerprint density at radius 2 is 1.04 bits per heavy atom. The summed E-state index contributed by atoms with van der Waals surface area (Å²) in [6.07, 6.45) is 4.17. The van der Waals surface area contributed by atoms with Crippen LogP contribution in [0.2, 0.25) is 0 Å². The minimum absolute atomic E-state index is 0.121. The number of hydrogen-bond acceptors (Lipinski definition) is 1. The Labute approximate surface area is 313 Å². The Morgan fingerprint density at radius 3 is 1.83 bits per heavy atom. The average Bonchev–Trinajstić information content (AvgIpc) is 3.86. The average molecular weight is 687 g/mol. The van der Waals surface area contributed by atoms with Crippen molar-refractivity contribution in [1.82, 2.24) is 9.38 Å². The lowest BCUT2D eigenvalue weighted by atomic mass is 9.79. The van der Waals surface area contributed by atoms with Gasteiger partial charge in [0.1, 0.15) is 5.65 Å². The molecule has 0 spiro atoms. The van der Waals surface area contributed by atoms with Crippen LogP contribution in [-0.4, -0.2) is 9.38 Å². The second-order valence-electron chi connectivity index (χ2n) is 15.5. The van der Waals surface area contributed by atoms with E-state index in [0.29, 0.717) is 0 Å². The zero-order valence-electron chi connectivity index (χ0n) is 30.1.